The molecule has 2 N–H and O–H groups in total. The van der Waals surface area contributed by atoms with Crippen LogP contribution in [0, 0.1) is 5.82 Å². The first-order valence-corrected chi connectivity index (χ1v) is 7.59. The van der Waals surface area contributed by atoms with Crippen LogP contribution in [0.15, 0.2) is 18.2 Å². The minimum Gasteiger partial charge on any atom is -0.389 e. The summed E-state index contributed by atoms with van der Waals surface area (Å²) in [6, 6.07) is 2.75. The Kier molecular flexibility index (Phi) is 3.93. The highest BCUT2D eigenvalue weighted by molar-refractivity contribution is 5.32. The van der Waals surface area contributed by atoms with Gasteiger partial charge in [0.2, 0.25) is 0 Å². The highest BCUT2D eigenvalue weighted by Gasteiger charge is 2.42. The van der Waals surface area contributed by atoms with Gasteiger partial charge in [0.15, 0.2) is 0 Å². The molecule has 6 heteroatoms. The van der Waals surface area contributed by atoms with E-state index in [0.29, 0.717) is 12.8 Å². The highest BCUT2D eigenvalue weighted by atomic mass is 19.4. The van der Waals surface area contributed by atoms with E-state index >= 15 is 0 Å². The predicted octanol–water partition coefficient (Wildman–Crippen LogP) is 3.42. The zero-order valence-electron chi connectivity index (χ0n) is 12.1. The Hall–Kier alpha value is -1.14. The van der Waals surface area contributed by atoms with Crippen LogP contribution in [-0.4, -0.2) is 22.8 Å². The van der Waals surface area contributed by atoms with Crippen LogP contribution in [0.3, 0.4) is 0 Å². The summed E-state index contributed by atoms with van der Waals surface area (Å²) in [5, 5.41) is 14.2. The van der Waals surface area contributed by atoms with E-state index in [0.717, 1.165) is 37.5 Å². The van der Waals surface area contributed by atoms with Gasteiger partial charge in [0.05, 0.1) is 11.2 Å². The first-order valence-electron chi connectivity index (χ1n) is 7.59. The lowest BCUT2D eigenvalue weighted by atomic mass is 9.74. The van der Waals surface area contributed by atoms with E-state index in [1.807, 2.05) is 0 Å². The van der Waals surface area contributed by atoms with Crippen molar-refractivity contribution in [3.05, 3.63) is 35.1 Å². The number of halogens is 4. The second kappa shape index (κ2) is 5.49. The van der Waals surface area contributed by atoms with Gasteiger partial charge in [0.25, 0.3) is 0 Å². The van der Waals surface area contributed by atoms with E-state index in [4.69, 9.17) is 0 Å². The topological polar surface area (TPSA) is 32.3 Å². The molecular weight excluding hydrogens is 298 g/mol. The Bertz CT molecular complexity index is 546. The van der Waals surface area contributed by atoms with Crippen LogP contribution < -0.4 is 5.32 Å². The molecule has 0 saturated carbocycles. The Labute approximate surface area is 126 Å². The Morgan fingerprint density at radius 1 is 1.18 bits per heavy atom. The third-order valence-corrected chi connectivity index (χ3v) is 4.72. The van der Waals surface area contributed by atoms with Gasteiger partial charge in [0, 0.05) is 18.5 Å². The minimum absolute atomic E-state index is 0.139. The SMILES string of the molecule is OC1(Cc2cc(F)ccc2C(F)(F)F)CC2CCCC(C1)N2. The van der Waals surface area contributed by atoms with Gasteiger partial charge < -0.3 is 10.4 Å². The van der Waals surface area contributed by atoms with E-state index in [2.05, 4.69) is 5.32 Å². The van der Waals surface area contributed by atoms with E-state index < -0.39 is 23.2 Å². The van der Waals surface area contributed by atoms with Crippen molar-refractivity contribution in [2.75, 3.05) is 0 Å². The molecule has 0 radical (unpaired) electrons. The molecule has 2 aliphatic heterocycles. The zero-order chi connectivity index (χ0) is 16.0. The highest BCUT2D eigenvalue weighted by Crippen LogP contribution is 2.38. The van der Waals surface area contributed by atoms with Gasteiger partial charge >= 0.3 is 6.18 Å². The van der Waals surface area contributed by atoms with Crippen LogP contribution in [0.25, 0.3) is 0 Å². The maximum Gasteiger partial charge on any atom is 0.416 e. The smallest absolute Gasteiger partial charge is 0.389 e. The summed E-state index contributed by atoms with van der Waals surface area (Å²) in [6.07, 6.45) is -0.945. The molecule has 2 bridgehead atoms. The second-order valence-electron chi connectivity index (χ2n) is 6.60. The standard InChI is InChI=1S/C16H19F4NO/c17-11-4-5-14(16(18,19)20)10(6-11)7-15(22)8-12-2-1-3-13(9-15)21-12/h4-6,12-13,21-22H,1-3,7-9H2. The largest absolute Gasteiger partial charge is 0.416 e. The van der Waals surface area contributed by atoms with Crippen LogP contribution in [0.4, 0.5) is 17.6 Å². The first kappa shape index (κ1) is 15.7. The van der Waals surface area contributed by atoms with Crippen LogP contribution >= 0.6 is 0 Å². The first-order chi connectivity index (χ1) is 10.3. The molecule has 1 aromatic rings. The van der Waals surface area contributed by atoms with Crippen molar-refractivity contribution in [2.24, 2.45) is 0 Å². The van der Waals surface area contributed by atoms with Crippen molar-refractivity contribution in [2.45, 2.75) is 62.4 Å². The molecule has 2 fully saturated rings. The molecule has 0 aromatic heterocycles. The van der Waals surface area contributed by atoms with Crippen molar-refractivity contribution in [3.63, 3.8) is 0 Å². The third-order valence-electron chi connectivity index (χ3n) is 4.72. The average Bonchev–Trinajstić information content (AvgIpc) is 2.35. The molecular formula is C16H19F4NO. The van der Waals surface area contributed by atoms with Crippen molar-refractivity contribution in [1.82, 2.24) is 5.32 Å². The Morgan fingerprint density at radius 3 is 2.41 bits per heavy atom. The normalized spacial score (nSPS) is 32.0. The lowest BCUT2D eigenvalue weighted by molar-refractivity contribution is -0.138. The van der Waals surface area contributed by atoms with Crippen LogP contribution in [0.2, 0.25) is 0 Å². The van der Waals surface area contributed by atoms with Gasteiger partial charge in [-0.25, -0.2) is 4.39 Å². The number of rotatable bonds is 2. The van der Waals surface area contributed by atoms with Crippen molar-refractivity contribution < 1.29 is 22.7 Å². The maximum atomic E-state index is 13.4. The van der Waals surface area contributed by atoms with Gasteiger partial charge in [-0.2, -0.15) is 13.2 Å². The van der Waals surface area contributed by atoms with Gasteiger partial charge in [-0.1, -0.05) is 6.42 Å². The van der Waals surface area contributed by atoms with Crippen LogP contribution in [-0.2, 0) is 12.6 Å². The molecule has 0 spiro atoms. The fourth-order valence-electron chi connectivity index (χ4n) is 3.92. The second-order valence-corrected chi connectivity index (χ2v) is 6.60. The summed E-state index contributed by atoms with van der Waals surface area (Å²) < 4.78 is 52.6. The minimum atomic E-state index is -4.54. The van der Waals surface area contributed by atoms with E-state index in [9.17, 15) is 22.7 Å². The molecule has 3 rings (SSSR count). The number of piperidine rings is 2. The quantitative estimate of drug-likeness (QED) is 0.819. The molecule has 22 heavy (non-hydrogen) atoms. The van der Waals surface area contributed by atoms with Crippen molar-refractivity contribution in [1.29, 1.82) is 0 Å². The zero-order valence-corrected chi connectivity index (χ0v) is 12.1. The Morgan fingerprint density at radius 2 is 1.82 bits per heavy atom. The van der Waals surface area contributed by atoms with Gasteiger partial charge in [0.1, 0.15) is 5.82 Å². The predicted molar refractivity (Wildman–Crippen MR) is 73.9 cm³/mol. The fourth-order valence-corrected chi connectivity index (χ4v) is 3.92. The van der Waals surface area contributed by atoms with Crippen LogP contribution in [0.1, 0.15) is 43.2 Å². The number of fused-ring (bicyclic) bond motifs is 2. The lowest BCUT2D eigenvalue weighted by Crippen LogP contribution is -2.56. The monoisotopic (exact) mass is 317 g/mol. The van der Waals surface area contributed by atoms with Gasteiger partial charge in [-0.05, 0) is 49.4 Å². The number of hydrogen-bond acceptors (Lipinski definition) is 2. The molecule has 2 aliphatic rings. The maximum absolute atomic E-state index is 13.4. The summed E-state index contributed by atoms with van der Waals surface area (Å²) in [4.78, 5) is 0. The van der Waals surface area contributed by atoms with Gasteiger partial charge in [-0.3, -0.25) is 0 Å². The summed E-state index contributed by atoms with van der Waals surface area (Å²) in [6.45, 7) is 0. The molecule has 2 heterocycles. The molecule has 0 amide bonds. The number of alkyl halides is 3. The summed E-state index contributed by atoms with van der Waals surface area (Å²) in [5.41, 5.74) is -2.21. The van der Waals surface area contributed by atoms with Gasteiger partial charge in [-0.15, -0.1) is 0 Å². The van der Waals surface area contributed by atoms with E-state index in [1.54, 1.807) is 0 Å². The van der Waals surface area contributed by atoms with Crippen molar-refractivity contribution in [3.8, 4) is 0 Å². The summed E-state index contributed by atoms with van der Waals surface area (Å²) >= 11 is 0. The molecule has 2 atom stereocenters. The lowest BCUT2D eigenvalue weighted by Gasteiger charge is -2.45. The number of nitrogens with one attached hydrogen (secondary N) is 1. The molecule has 2 unspecified atom stereocenters. The molecule has 1 aromatic carbocycles. The molecule has 2 nitrogen and oxygen atoms in total. The van der Waals surface area contributed by atoms with E-state index in [-0.39, 0.29) is 24.1 Å². The van der Waals surface area contributed by atoms with E-state index in [1.165, 1.54) is 0 Å². The fraction of sp³-hybridized carbons (Fsp3) is 0.625. The number of aliphatic hydroxyl groups is 1. The molecule has 122 valence electrons. The summed E-state index contributed by atoms with van der Waals surface area (Å²) in [7, 11) is 0. The number of benzene rings is 1. The van der Waals surface area contributed by atoms with Crippen LogP contribution in [0.5, 0.6) is 0 Å². The van der Waals surface area contributed by atoms with Crippen molar-refractivity contribution >= 4 is 0 Å². The third kappa shape index (κ3) is 3.27. The summed E-state index contributed by atoms with van der Waals surface area (Å²) in [5.74, 6) is -0.708. The molecule has 2 saturated heterocycles. The number of hydrogen-bond donors (Lipinski definition) is 2. The average molecular weight is 317 g/mol. The Balaban J connectivity index is 1.87. The molecule has 0 aliphatic carbocycles.